The Morgan fingerprint density at radius 1 is 0.947 bits per heavy atom. The van der Waals surface area contributed by atoms with Crippen LogP contribution in [-0.2, 0) is 6.61 Å². The summed E-state index contributed by atoms with van der Waals surface area (Å²) in [5.41, 5.74) is 1.79. The number of halogens is 1. The summed E-state index contributed by atoms with van der Waals surface area (Å²) in [5.74, 6) is 0.826. The number of fused-ring (bicyclic) bond motifs is 1. The van der Waals surface area contributed by atoms with Crippen LogP contribution in [0.2, 0.25) is 5.15 Å². The van der Waals surface area contributed by atoms with Gasteiger partial charge in [-0.25, -0.2) is 4.98 Å². The van der Waals surface area contributed by atoms with Gasteiger partial charge in [0.1, 0.15) is 17.5 Å². The number of pyridine rings is 1. The molecule has 1 aromatic heterocycles. The first-order valence-electron chi connectivity index (χ1n) is 6.05. The van der Waals surface area contributed by atoms with Crippen molar-refractivity contribution in [2.75, 3.05) is 0 Å². The van der Waals surface area contributed by atoms with Crippen LogP contribution in [0.1, 0.15) is 5.56 Å². The molecule has 0 fully saturated rings. The third kappa shape index (κ3) is 2.69. The second-order valence-corrected chi connectivity index (χ2v) is 4.59. The minimum atomic E-state index is 0.417. The molecule has 0 amide bonds. The van der Waals surface area contributed by atoms with E-state index in [-0.39, 0.29) is 0 Å². The van der Waals surface area contributed by atoms with E-state index in [4.69, 9.17) is 16.3 Å². The van der Waals surface area contributed by atoms with Crippen LogP contribution in [0.25, 0.3) is 10.9 Å². The molecule has 3 rings (SSSR count). The average molecular weight is 270 g/mol. The average Bonchev–Trinajstić information content (AvgIpc) is 2.46. The fraction of sp³-hybridized carbons (Fsp3) is 0.0625. The van der Waals surface area contributed by atoms with Crippen LogP contribution in [0.15, 0.2) is 60.7 Å². The zero-order valence-electron chi connectivity index (χ0n) is 10.2. The minimum absolute atomic E-state index is 0.417. The maximum Gasteiger partial charge on any atom is 0.136 e. The number of nitrogens with zero attached hydrogens (tertiary/aromatic N) is 1. The third-order valence-electron chi connectivity index (χ3n) is 2.89. The van der Waals surface area contributed by atoms with Crippen LogP contribution < -0.4 is 4.74 Å². The number of ether oxygens (including phenoxy) is 1. The van der Waals surface area contributed by atoms with Gasteiger partial charge in [0, 0.05) is 10.9 Å². The van der Waals surface area contributed by atoms with Crippen LogP contribution >= 0.6 is 11.6 Å². The SMILES string of the molecule is Clc1nc2ccccc2cc1COc1ccccc1. The predicted molar refractivity (Wildman–Crippen MR) is 77.5 cm³/mol. The number of benzene rings is 2. The molecule has 19 heavy (non-hydrogen) atoms. The fourth-order valence-corrected chi connectivity index (χ4v) is 2.12. The Hall–Kier alpha value is -2.06. The first kappa shape index (κ1) is 12.0. The van der Waals surface area contributed by atoms with Crippen molar-refractivity contribution in [2.24, 2.45) is 0 Å². The largest absolute Gasteiger partial charge is 0.489 e. The summed E-state index contributed by atoms with van der Waals surface area (Å²) < 4.78 is 5.70. The van der Waals surface area contributed by atoms with Gasteiger partial charge in [-0.2, -0.15) is 0 Å². The van der Waals surface area contributed by atoms with Crippen molar-refractivity contribution in [3.8, 4) is 5.75 Å². The zero-order chi connectivity index (χ0) is 13.1. The number of para-hydroxylation sites is 2. The summed E-state index contributed by atoms with van der Waals surface area (Å²) >= 11 is 6.18. The summed E-state index contributed by atoms with van der Waals surface area (Å²) in [4.78, 5) is 4.37. The summed E-state index contributed by atoms with van der Waals surface area (Å²) in [6.07, 6.45) is 0. The first-order chi connectivity index (χ1) is 9.33. The van der Waals surface area contributed by atoms with E-state index < -0.39 is 0 Å². The topological polar surface area (TPSA) is 22.1 Å². The van der Waals surface area contributed by atoms with Gasteiger partial charge in [0.05, 0.1) is 5.52 Å². The Bertz CT molecular complexity index is 697. The van der Waals surface area contributed by atoms with E-state index >= 15 is 0 Å². The molecule has 0 aliphatic rings. The van der Waals surface area contributed by atoms with E-state index in [1.807, 2.05) is 60.7 Å². The number of aromatic nitrogens is 1. The third-order valence-corrected chi connectivity index (χ3v) is 3.21. The zero-order valence-corrected chi connectivity index (χ0v) is 11.0. The molecule has 3 heteroatoms. The molecule has 0 atom stereocenters. The van der Waals surface area contributed by atoms with Crippen molar-refractivity contribution in [1.29, 1.82) is 0 Å². The van der Waals surface area contributed by atoms with Crippen molar-refractivity contribution in [2.45, 2.75) is 6.61 Å². The number of hydrogen-bond acceptors (Lipinski definition) is 2. The normalized spacial score (nSPS) is 10.6. The van der Waals surface area contributed by atoms with Crippen LogP contribution in [0.4, 0.5) is 0 Å². The van der Waals surface area contributed by atoms with Gasteiger partial charge >= 0.3 is 0 Å². The lowest BCUT2D eigenvalue weighted by Crippen LogP contribution is -1.98. The molecule has 0 saturated carbocycles. The van der Waals surface area contributed by atoms with Crippen LogP contribution in [0.5, 0.6) is 5.75 Å². The summed E-state index contributed by atoms with van der Waals surface area (Å²) in [6, 6.07) is 19.6. The number of rotatable bonds is 3. The Kier molecular flexibility index (Phi) is 3.34. The standard InChI is InChI=1S/C16H12ClNO/c17-16-13(11-19-14-7-2-1-3-8-14)10-12-6-4-5-9-15(12)18-16/h1-10H,11H2. The van der Waals surface area contributed by atoms with Crippen molar-refractivity contribution in [3.05, 3.63) is 71.4 Å². The van der Waals surface area contributed by atoms with Gasteiger partial charge in [0.25, 0.3) is 0 Å². The quantitative estimate of drug-likeness (QED) is 0.655. The van der Waals surface area contributed by atoms with Crippen LogP contribution in [0, 0.1) is 0 Å². The molecule has 1 heterocycles. The molecule has 0 radical (unpaired) electrons. The molecule has 2 aromatic carbocycles. The molecule has 0 N–H and O–H groups in total. The highest BCUT2D eigenvalue weighted by atomic mass is 35.5. The van der Waals surface area contributed by atoms with Crippen molar-refractivity contribution >= 4 is 22.5 Å². The van der Waals surface area contributed by atoms with Crippen LogP contribution in [-0.4, -0.2) is 4.98 Å². The summed E-state index contributed by atoms with van der Waals surface area (Å²) in [6.45, 7) is 0.417. The van der Waals surface area contributed by atoms with Gasteiger partial charge in [0.15, 0.2) is 0 Å². The molecule has 2 nitrogen and oxygen atoms in total. The van der Waals surface area contributed by atoms with E-state index in [1.54, 1.807) is 0 Å². The van der Waals surface area contributed by atoms with Gasteiger partial charge in [-0.1, -0.05) is 48.0 Å². The Morgan fingerprint density at radius 2 is 1.68 bits per heavy atom. The predicted octanol–water partition coefficient (Wildman–Crippen LogP) is 4.47. The molecule has 0 bridgehead atoms. The Morgan fingerprint density at radius 3 is 2.53 bits per heavy atom. The monoisotopic (exact) mass is 269 g/mol. The van der Waals surface area contributed by atoms with E-state index in [9.17, 15) is 0 Å². The summed E-state index contributed by atoms with van der Waals surface area (Å²) in [7, 11) is 0. The van der Waals surface area contributed by atoms with Gasteiger partial charge in [-0.05, 0) is 24.3 Å². The van der Waals surface area contributed by atoms with Crippen molar-refractivity contribution in [3.63, 3.8) is 0 Å². The van der Waals surface area contributed by atoms with Gasteiger partial charge in [-0.15, -0.1) is 0 Å². The van der Waals surface area contributed by atoms with E-state index in [2.05, 4.69) is 4.98 Å². The Balaban J connectivity index is 1.86. The molecular weight excluding hydrogens is 258 g/mol. The Labute approximate surface area is 116 Å². The first-order valence-corrected chi connectivity index (χ1v) is 6.43. The van der Waals surface area contributed by atoms with E-state index in [1.165, 1.54) is 0 Å². The van der Waals surface area contributed by atoms with Gasteiger partial charge < -0.3 is 4.74 Å². The maximum absolute atomic E-state index is 6.18. The second-order valence-electron chi connectivity index (χ2n) is 4.23. The molecule has 3 aromatic rings. The molecule has 0 saturated heterocycles. The lowest BCUT2D eigenvalue weighted by atomic mass is 10.2. The van der Waals surface area contributed by atoms with E-state index in [0.29, 0.717) is 11.8 Å². The highest BCUT2D eigenvalue weighted by Gasteiger charge is 2.05. The summed E-state index contributed by atoms with van der Waals surface area (Å²) in [5, 5.41) is 1.56. The molecule has 0 unspecified atom stereocenters. The number of hydrogen-bond donors (Lipinski definition) is 0. The van der Waals surface area contributed by atoms with E-state index in [0.717, 1.165) is 22.2 Å². The minimum Gasteiger partial charge on any atom is -0.489 e. The second kappa shape index (κ2) is 5.29. The maximum atomic E-state index is 6.18. The molecule has 94 valence electrons. The lowest BCUT2D eigenvalue weighted by molar-refractivity contribution is 0.306. The van der Waals surface area contributed by atoms with Crippen molar-refractivity contribution < 1.29 is 4.74 Å². The van der Waals surface area contributed by atoms with Gasteiger partial charge in [0.2, 0.25) is 0 Å². The molecule has 0 aliphatic heterocycles. The molecular formula is C16H12ClNO. The smallest absolute Gasteiger partial charge is 0.136 e. The lowest BCUT2D eigenvalue weighted by Gasteiger charge is -2.08. The molecule has 0 aliphatic carbocycles. The molecule has 0 spiro atoms. The fourth-order valence-electron chi connectivity index (χ4n) is 1.92. The van der Waals surface area contributed by atoms with Crippen LogP contribution in [0.3, 0.4) is 0 Å². The highest BCUT2D eigenvalue weighted by Crippen LogP contribution is 2.22. The van der Waals surface area contributed by atoms with Crippen molar-refractivity contribution in [1.82, 2.24) is 4.98 Å². The van der Waals surface area contributed by atoms with Gasteiger partial charge in [-0.3, -0.25) is 0 Å². The highest BCUT2D eigenvalue weighted by molar-refractivity contribution is 6.30.